The zero-order valence-electron chi connectivity index (χ0n) is 8.68. The number of hydrogen-bond acceptors (Lipinski definition) is 4. The number of carbonyl (C=O) groups excluding carboxylic acids is 1. The van der Waals surface area contributed by atoms with E-state index in [1.54, 1.807) is 0 Å². The second kappa shape index (κ2) is 5.09. The first-order chi connectivity index (χ1) is 7.11. The second-order valence-electron chi connectivity index (χ2n) is 3.49. The van der Waals surface area contributed by atoms with Crippen molar-refractivity contribution in [2.45, 2.75) is 25.0 Å². The average molecular weight is 216 g/mol. The maximum Gasteiger partial charge on any atom is 0.326 e. The van der Waals surface area contributed by atoms with Gasteiger partial charge in [0.2, 0.25) is 0 Å². The van der Waals surface area contributed by atoms with Crippen LogP contribution in [0, 0.1) is 0 Å². The smallest absolute Gasteiger partial charge is 0.326 e. The van der Waals surface area contributed by atoms with Crippen molar-refractivity contribution in [1.29, 1.82) is 0 Å². The molecule has 3 N–H and O–H groups in total. The molecule has 1 amide bonds. The van der Waals surface area contributed by atoms with Crippen molar-refractivity contribution in [3.8, 4) is 0 Å². The zero-order chi connectivity index (χ0) is 11.4. The summed E-state index contributed by atoms with van der Waals surface area (Å²) in [4.78, 5) is 24.0. The van der Waals surface area contributed by atoms with Crippen LogP contribution in [-0.4, -0.2) is 54.2 Å². The standard InChI is InChI=1S/C9H16N2O4/c1-15-7(5-10)8(12)11-4-2-3-6(11)9(13)14/h6-7H,2-5,10H2,1H3,(H,13,14)/t6-,7?/m1/s1. The zero-order valence-corrected chi connectivity index (χ0v) is 8.68. The van der Waals surface area contributed by atoms with Crippen LogP contribution in [0.15, 0.2) is 0 Å². The lowest BCUT2D eigenvalue weighted by molar-refractivity contribution is -0.152. The van der Waals surface area contributed by atoms with Crippen molar-refractivity contribution in [2.24, 2.45) is 5.73 Å². The number of nitrogens with zero attached hydrogens (tertiary/aromatic N) is 1. The van der Waals surface area contributed by atoms with Crippen LogP contribution in [0.2, 0.25) is 0 Å². The molecule has 0 radical (unpaired) electrons. The molecule has 1 heterocycles. The van der Waals surface area contributed by atoms with Gasteiger partial charge in [0.1, 0.15) is 12.1 Å². The Hall–Kier alpha value is -1.14. The molecule has 6 heteroatoms. The molecule has 1 rings (SSSR count). The first-order valence-electron chi connectivity index (χ1n) is 4.88. The molecular weight excluding hydrogens is 200 g/mol. The van der Waals surface area contributed by atoms with Crippen molar-refractivity contribution in [3.05, 3.63) is 0 Å². The number of ether oxygens (including phenoxy) is 1. The lowest BCUT2D eigenvalue weighted by atomic mass is 10.2. The molecule has 0 aromatic rings. The Labute approximate surface area is 88.0 Å². The highest BCUT2D eigenvalue weighted by Crippen LogP contribution is 2.18. The number of methoxy groups -OCH3 is 1. The molecule has 0 aromatic heterocycles. The van der Waals surface area contributed by atoms with Crippen molar-refractivity contribution >= 4 is 11.9 Å². The molecule has 1 aliphatic rings. The van der Waals surface area contributed by atoms with E-state index in [0.29, 0.717) is 19.4 Å². The van der Waals surface area contributed by atoms with E-state index in [-0.39, 0.29) is 12.5 Å². The van der Waals surface area contributed by atoms with Gasteiger partial charge in [-0.2, -0.15) is 0 Å². The fraction of sp³-hybridized carbons (Fsp3) is 0.778. The van der Waals surface area contributed by atoms with E-state index in [9.17, 15) is 9.59 Å². The van der Waals surface area contributed by atoms with Gasteiger partial charge in [-0.05, 0) is 12.8 Å². The van der Waals surface area contributed by atoms with Gasteiger partial charge in [-0.1, -0.05) is 0 Å². The summed E-state index contributed by atoms with van der Waals surface area (Å²) in [6.45, 7) is 0.536. The molecule has 1 unspecified atom stereocenters. The predicted octanol–water partition coefficient (Wildman–Crippen LogP) is -0.964. The Morgan fingerprint density at radius 1 is 1.67 bits per heavy atom. The van der Waals surface area contributed by atoms with Gasteiger partial charge in [-0.15, -0.1) is 0 Å². The molecule has 1 aliphatic heterocycles. The first kappa shape index (κ1) is 11.9. The molecule has 1 fully saturated rings. The molecule has 0 bridgehead atoms. The monoisotopic (exact) mass is 216 g/mol. The summed E-state index contributed by atoms with van der Waals surface area (Å²) in [5, 5.41) is 8.89. The van der Waals surface area contributed by atoms with Crippen LogP contribution in [-0.2, 0) is 14.3 Å². The number of carboxylic acids is 1. The molecular formula is C9H16N2O4. The van der Waals surface area contributed by atoms with E-state index >= 15 is 0 Å². The first-order valence-corrected chi connectivity index (χ1v) is 4.88. The normalized spacial score (nSPS) is 22.8. The lowest BCUT2D eigenvalue weighted by Crippen LogP contribution is -2.48. The van der Waals surface area contributed by atoms with Crippen LogP contribution in [0.5, 0.6) is 0 Å². The summed E-state index contributed by atoms with van der Waals surface area (Å²) in [7, 11) is 1.39. The number of hydrogen-bond donors (Lipinski definition) is 2. The van der Waals surface area contributed by atoms with Gasteiger partial charge in [-0.3, -0.25) is 4.79 Å². The van der Waals surface area contributed by atoms with Gasteiger partial charge in [-0.25, -0.2) is 4.79 Å². The minimum atomic E-state index is -0.965. The predicted molar refractivity (Wildman–Crippen MR) is 52.2 cm³/mol. The molecule has 0 saturated carbocycles. The Balaban J connectivity index is 2.69. The number of aliphatic carboxylic acids is 1. The van der Waals surface area contributed by atoms with Gasteiger partial charge < -0.3 is 20.5 Å². The van der Waals surface area contributed by atoms with E-state index in [1.165, 1.54) is 12.0 Å². The minimum absolute atomic E-state index is 0.0676. The Morgan fingerprint density at radius 3 is 2.80 bits per heavy atom. The van der Waals surface area contributed by atoms with Crippen molar-refractivity contribution in [2.75, 3.05) is 20.2 Å². The van der Waals surface area contributed by atoms with Crippen LogP contribution in [0.4, 0.5) is 0 Å². The number of nitrogens with two attached hydrogens (primary N) is 1. The van der Waals surface area contributed by atoms with Crippen LogP contribution in [0.1, 0.15) is 12.8 Å². The van der Waals surface area contributed by atoms with Gasteiger partial charge in [0.25, 0.3) is 5.91 Å². The third-order valence-electron chi connectivity index (χ3n) is 2.59. The van der Waals surface area contributed by atoms with E-state index < -0.39 is 18.1 Å². The highest BCUT2D eigenvalue weighted by Gasteiger charge is 2.36. The largest absolute Gasteiger partial charge is 0.480 e. The van der Waals surface area contributed by atoms with Crippen LogP contribution < -0.4 is 5.73 Å². The summed E-state index contributed by atoms with van der Waals surface area (Å²) in [6.07, 6.45) is 0.483. The number of likely N-dealkylation sites (tertiary alicyclic amines) is 1. The summed E-state index contributed by atoms with van der Waals surface area (Å²) >= 11 is 0. The van der Waals surface area contributed by atoms with Crippen LogP contribution >= 0.6 is 0 Å². The van der Waals surface area contributed by atoms with Crippen molar-refractivity contribution < 1.29 is 19.4 Å². The Bertz CT molecular complexity index is 252. The van der Waals surface area contributed by atoms with Gasteiger partial charge >= 0.3 is 5.97 Å². The summed E-state index contributed by atoms with van der Waals surface area (Å²) in [5.41, 5.74) is 5.35. The Kier molecular flexibility index (Phi) is 4.05. The number of rotatable bonds is 4. The molecule has 0 spiro atoms. The number of carboxylic acid groups (broad SMARTS) is 1. The summed E-state index contributed by atoms with van der Waals surface area (Å²) < 4.78 is 4.89. The SMILES string of the molecule is COC(CN)C(=O)N1CCC[C@@H]1C(=O)O. The molecule has 2 atom stereocenters. The van der Waals surface area contributed by atoms with Crippen LogP contribution in [0.3, 0.4) is 0 Å². The van der Waals surface area contributed by atoms with Crippen molar-refractivity contribution in [1.82, 2.24) is 4.90 Å². The topological polar surface area (TPSA) is 92.9 Å². The van der Waals surface area contributed by atoms with E-state index in [1.807, 2.05) is 0 Å². The third-order valence-corrected chi connectivity index (χ3v) is 2.59. The summed E-state index contributed by atoms with van der Waals surface area (Å²) in [5.74, 6) is -1.29. The second-order valence-corrected chi connectivity index (χ2v) is 3.49. The van der Waals surface area contributed by atoms with Gasteiger partial charge in [0.05, 0.1) is 0 Å². The molecule has 86 valence electrons. The fourth-order valence-corrected chi connectivity index (χ4v) is 1.77. The summed E-state index contributed by atoms with van der Waals surface area (Å²) in [6, 6.07) is -0.721. The Morgan fingerprint density at radius 2 is 2.33 bits per heavy atom. The molecule has 6 nitrogen and oxygen atoms in total. The van der Waals surface area contributed by atoms with Crippen molar-refractivity contribution in [3.63, 3.8) is 0 Å². The molecule has 1 saturated heterocycles. The molecule has 15 heavy (non-hydrogen) atoms. The van der Waals surface area contributed by atoms with Gasteiger partial charge in [0.15, 0.2) is 0 Å². The fourth-order valence-electron chi connectivity index (χ4n) is 1.77. The number of amides is 1. The quantitative estimate of drug-likeness (QED) is 0.631. The van der Waals surface area contributed by atoms with Gasteiger partial charge in [0, 0.05) is 20.2 Å². The minimum Gasteiger partial charge on any atom is -0.480 e. The van der Waals surface area contributed by atoms with E-state index in [4.69, 9.17) is 15.6 Å². The maximum absolute atomic E-state index is 11.8. The lowest BCUT2D eigenvalue weighted by Gasteiger charge is -2.25. The van der Waals surface area contributed by atoms with E-state index in [2.05, 4.69) is 0 Å². The molecule has 0 aromatic carbocycles. The van der Waals surface area contributed by atoms with E-state index in [0.717, 1.165) is 0 Å². The number of carbonyl (C=O) groups is 2. The van der Waals surface area contributed by atoms with Crippen LogP contribution in [0.25, 0.3) is 0 Å². The highest BCUT2D eigenvalue weighted by atomic mass is 16.5. The average Bonchev–Trinajstić information content (AvgIpc) is 2.67. The maximum atomic E-state index is 11.8. The third kappa shape index (κ3) is 2.45. The molecule has 0 aliphatic carbocycles. The highest BCUT2D eigenvalue weighted by molar-refractivity contribution is 5.87.